The minimum absolute atomic E-state index is 1.07. The molecule has 2 aromatic rings. The van der Waals surface area contributed by atoms with Crippen molar-refractivity contribution in [2.24, 2.45) is 0 Å². The van der Waals surface area contributed by atoms with Gasteiger partial charge in [0.15, 0.2) is 0 Å². The lowest BCUT2D eigenvalue weighted by molar-refractivity contribution is 1.18. The molecule has 0 aliphatic rings. The van der Waals surface area contributed by atoms with Crippen molar-refractivity contribution in [3.8, 4) is 0 Å². The molecule has 0 unspecified atom stereocenters. The highest BCUT2D eigenvalue weighted by Gasteiger charge is 1.99. The van der Waals surface area contributed by atoms with Crippen LogP contribution in [0.4, 0.5) is 0 Å². The van der Waals surface area contributed by atoms with Gasteiger partial charge in [-0.1, -0.05) is 30.3 Å². The predicted molar refractivity (Wildman–Crippen MR) is 58.3 cm³/mol. The van der Waals surface area contributed by atoms with Gasteiger partial charge in [0.05, 0.1) is 0 Å². The van der Waals surface area contributed by atoms with Gasteiger partial charge in [0.25, 0.3) is 0 Å². The normalized spacial score (nSPS) is 10.2. The van der Waals surface area contributed by atoms with E-state index < -0.39 is 0 Å². The summed E-state index contributed by atoms with van der Waals surface area (Å²) in [6, 6.07) is 10.6. The Morgan fingerprint density at radius 1 is 1.08 bits per heavy atom. The molecule has 1 heterocycles. The monoisotopic (exact) mass is 188 g/mol. The molecule has 1 aromatic carbocycles. The van der Waals surface area contributed by atoms with E-state index in [2.05, 4.69) is 48.0 Å². The molecule has 13 heavy (non-hydrogen) atoms. The Morgan fingerprint density at radius 3 is 2.46 bits per heavy atom. The van der Waals surface area contributed by atoms with E-state index in [1.54, 1.807) is 11.3 Å². The fraction of sp³-hybridized carbons (Fsp3) is 0.167. The molecular formula is C12H12S. The third kappa shape index (κ3) is 1.99. The van der Waals surface area contributed by atoms with Gasteiger partial charge in [0.2, 0.25) is 0 Å². The molecule has 0 radical (unpaired) electrons. The highest BCUT2D eigenvalue weighted by Crippen LogP contribution is 2.17. The summed E-state index contributed by atoms with van der Waals surface area (Å²) in [6.45, 7) is 2.18. The van der Waals surface area contributed by atoms with Crippen LogP contribution in [0.15, 0.2) is 41.1 Å². The van der Waals surface area contributed by atoms with E-state index in [0.717, 1.165) is 6.42 Å². The van der Waals surface area contributed by atoms with Gasteiger partial charge in [-0.25, -0.2) is 0 Å². The molecule has 0 saturated heterocycles. The summed E-state index contributed by atoms with van der Waals surface area (Å²) in [5.74, 6) is 0. The van der Waals surface area contributed by atoms with Crippen molar-refractivity contribution in [3.63, 3.8) is 0 Å². The molecule has 0 aliphatic carbocycles. The number of benzene rings is 1. The lowest BCUT2D eigenvalue weighted by atomic mass is 10.1. The van der Waals surface area contributed by atoms with Gasteiger partial charge < -0.3 is 0 Å². The molecule has 0 aliphatic heterocycles. The third-order valence-corrected chi connectivity index (χ3v) is 3.11. The van der Waals surface area contributed by atoms with E-state index in [9.17, 15) is 0 Å². The Balaban J connectivity index is 2.20. The molecule has 0 bridgehead atoms. The first-order valence-electron chi connectivity index (χ1n) is 4.42. The van der Waals surface area contributed by atoms with Crippen molar-refractivity contribution < 1.29 is 0 Å². The van der Waals surface area contributed by atoms with Crippen LogP contribution in [0, 0.1) is 6.92 Å². The Kier molecular flexibility index (Phi) is 2.46. The average molecular weight is 188 g/mol. The average Bonchev–Trinajstić information content (AvgIpc) is 2.54. The molecule has 0 saturated carbocycles. The van der Waals surface area contributed by atoms with Crippen LogP contribution >= 0.6 is 11.3 Å². The smallest absolute Gasteiger partial charge is 0.00149 e. The summed E-state index contributed by atoms with van der Waals surface area (Å²) < 4.78 is 0. The van der Waals surface area contributed by atoms with Crippen LogP contribution in [-0.4, -0.2) is 0 Å². The molecule has 0 nitrogen and oxygen atoms in total. The molecule has 2 rings (SSSR count). The van der Waals surface area contributed by atoms with Crippen LogP contribution < -0.4 is 0 Å². The fourth-order valence-corrected chi connectivity index (χ4v) is 2.24. The zero-order chi connectivity index (χ0) is 9.10. The van der Waals surface area contributed by atoms with Gasteiger partial charge in [-0.15, -0.1) is 0 Å². The third-order valence-electron chi connectivity index (χ3n) is 2.20. The minimum Gasteiger partial charge on any atom is -0.152 e. The first-order valence-corrected chi connectivity index (χ1v) is 5.36. The first kappa shape index (κ1) is 8.52. The van der Waals surface area contributed by atoms with Crippen molar-refractivity contribution in [3.05, 3.63) is 57.8 Å². The lowest BCUT2D eigenvalue weighted by Crippen LogP contribution is -1.86. The van der Waals surface area contributed by atoms with Gasteiger partial charge in [-0.2, -0.15) is 11.3 Å². The van der Waals surface area contributed by atoms with E-state index in [1.807, 2.05) is 0 Å². The summed E-state index contributed by atoms with van der Waals surface area (Å²) in [5, 5.41) is 4.45. The van der Waals surface area contributed by atoms with Crippen molar-refractivity contribution in [1.82, 2.24) is 0 Å². The largest absolute Gasteiger partial charge is 0.152 e. The molecule has 0 spiro atoms. The Hall–Kier alpha value is -1.08. The standard InChI is InChI=1S/C12H12S/c1-10-8-13-9-12(10)7-11-5-3-2-4-6-11/h2-6,8-9H,7H2,1H3. The quantitative estimate of drug-likeness (QED) is 0.675. The second kappa shape index (κ2) is 3.75. The van der Waals surface area contributed by atoms with E-state index >= 15 is 0 Å². The van der Waals surface area contributed by atoms with E-state index in [1.165, 1.54) is 16.7 Å². The van der Waals surface area contributed by atoms with E-state index in [-0.39, 0.29) is 0 Å². The zero-order valence-corrected chi connectivity index (χ0v) is 8.47. The fourth-order valence-electron chi connectivity index (χ4n) is 1.38. The lowest BCUT2D eigenvalue weighted by Gasteiger charge is -1.99. The van der Waals surface area contributed by atoms with Crippen LogP contribution in [0.2, 0.25) is 0 Å². The van der Waals surface area contributed by atoms with Crippen LogP contribution in [0.3, 0.4) is 0 Å². The maximum atomic E-state index is 2.24. The topological polar surface area (TPSA) is 0 Å². The molecule has 0 N–H and O–H groups in total. The molecule has 1 heteroatoms. The summed E-state index contributed by atoms with van der Waals surface area (Å²) in [6.07, 6.45) is 1.07. The SMILES string of the molecule is Cc1cscc1Cc1ccccc1. The molecule has 0 fully saturated rings. The molecular weight excluding hydrogens is 176 g/mol. The molecule has 0 amide bonds. The van der Waals surface area contributed by atoms with Crippen molar-refractivity contribution in [2.75, 3.05) is 0 Å². The number of thiophene rings is 1. The number of rotatable bonds is 2. The summed E-state index contributed by atoms with van der Waals surface area (Å²) in [5.41, 5.74) is 4.26. The highest BCUT2D eigenvalue weighted by atomic mass is 32.1. The maximum Gasteiger partial charge on any atom is -0.00149 e. The Bertz CT molecular complexity index is 373. The molecule has 1 aromatic heterocycles. The van der Waals surface area contributed by atoms with E-state index in [0.29, 0.717) is 0 Å². The van der Waals surface area contributed by atoms with Gasteiger partial charge >= 0.3 is 0 Å². The summed E-state index contributed by atoms with van der Waals surface area (Å²) in [4.78, 5) is 0. The second-order valence-electron chi connectivity index (χ2n) is 3.24. The first-order chi connectivity index (χ1) is 6.36. The van der Waals surface area contributed by atoms with Crippen LogP contribution in [0.25, 0.3) is 0 Å². The van der Waals surface area contributed by atoms with Crippen molar-refractivity contribution >= 4 is 11.3 Å². The summed E-state index contributed by atoms with van der Waals surface area (Å²) >= 11 is 1.79. The van der Waals surface area contributed by atoms with Gasteiger partial charge in [-0.05, 0) is 40.8 Å². The maximum absolute atomic E-state index is 2.24. The highest BCUT2D eigenvalue weighted by molar-refractivity contribution is 7.08. The van der Waals surface area contributed by atoms with Crippen molar-refractivity contribution in [2.45, 2.75) is 13.3 Å². The summed E-state index contributed by atoms with van der Waals surface area (Å²) in [7, 11) is 0. The Morgan fingerprint density at radius 2 is 1.85 bits per heavy atom. The minimum atomic E-state index is 1.07. The molecule has 66 valence electrons. The molecule has 0 atom stereocenters. The number of aryl methyl sites for hydroxylation is 1. The van der Waals surface area contributed by atoms with Gasteiger partial charge in [0.1, 0.15) is 0 Å². The van der Waals surface area contributed by atoms with Crippen LogP contribution in [-0.2, 0) is 6.42 Å². The van der Waals surface area contributed by atoms with Crippen LogP contribution in [0.5, 0.6) is 0 Å². The zero-order valence-electron chi connectivity index (χ0n) is 7.66. The predicted octanol–water partition coefficient (Wildman–Crippen LogP) is 3.65. The van der Waals surface area contributed by atoms with E-state index in [4.69, 9.17) is 0 Å². The number of hydrogen-bond acceptors (Lipinski definition) is 1. The number of hydrogen-bond donors (Lipinski definition) is 0. The van der Waals surface area contributed by atoms with Gasteiger partial charge in [-0.3, -0.25) is 0 Å². The Labute approximate surface area is 82.9 Å². The second-order valence-corrected chi connectivity index (χ2v) is 3.99. The van der Waals surface area contributed by atoms with Crippen LogP contribution in [0.1, 0.15) is 16.7 Å². The van der Waals surface area contributed by atoms with Crippen molar-refractivity contribution in [1.29, 1.82) is 0 Å². The van der Waals surface area contributed by atoms with Gasteiger partial charge in [0, 0.05) is 0 Å².